The molecule has 14 heavy (non-hydrogen) atoms. The van der Waals surface area contributed by atoms with E-state index >= 15 is 0 Å². The van der Waals surface area contributed by atoms with Crippen molar-refractivity contribution < 1.29 is 8.78 Å². The molecule has 1 aliphatic rings. The van der Waals surface area contributed by atoms with Gasteiger partial charge in [-0.05, 0) is 39.3 Å². The molecule has 84 valence electrons. The molecule has 2 nitrogen and oxygen atoms in total. The Morgan fingerprint density at radius 1 is 1.36 bits per heavy atom. The van der Waals surface area contributed by atoms with Crippen LogP contribution in [-0.2, 0) is 0 Å². The number of alkyl halides is 2. The molecule has 1 aliphatic heterocycles. The van der Waals surface area contributed by atoms with Crippen LogP contribution in [0.4, 0.5) is 8.78 Å². The second-order valence-electron chi connectivity index (χ2n) is 4.15. The van der Waals surface area contributed by atoms with E-state index in [1.807, 2.05) is 0 Å². The highest BCUT2D eigenvalue weighted by Gasteiger charge is 2.21. The fourth-order valence-corrected chi connectivity index (χ4v) is 1.72. The molecule has 0 spiro atoms. The molecule has 0 radical (unpaired) electrons. The summed E-state index contributed by atoms with van der Waals surface area (Å²) in [7, 11) is 0. The first kappa shape index (κ1) is 11.9. The first-order valence-electron chi connectivity index (χ1n) is 5.40. The van der Waals surface area contributed by atoms with Crippen molar-refractivity contribution in [3.8, 4) is 0 Å². The van der Waals surface area contributed by atoms with E-state index in [1.54, 1.807) is 0 Å². The first-order chi connectivity index (χ1) is 6.58. The molecule has 1 unspecified atom stereocenters. The van der Waals surface area contributed by atoms with Gasteiger partial charge >= 0.3 is 0 Å². The number of hydrogen-bond donors (Lipinski definition) is 2. The molecule has 0 aromatic carbocycles. The predicted octanol–water partition coefficient (Wildman–Crippen LogP) is 1.76. The number of halogens is 2. The monoisotopic (exact) mass is 206 g/mol. The van der Waals surface area contributed by atoms with Crippen LogP contribution in [0.25, 0.3) is 0 Å². The number of hydrogen-bond acceptors (Lipinski definition) is 2. The van der Waals surface area contributed by atoms with Gasteiger partial charge in [-0.15, -0.1) is 0 Å². The third-order valence-corrected chi connectivity index (χ3v) is 2.57. The molecule has 0 aromatic rings. The Labute approximate surface area is 84.4 Å². The van der Waals surface area contributed by atoms with E-state index in [9.17, 15) is 8.78 Å². The van der Waals surface area contributed by atoms with Crippen LogP contribution >= 0.6 is 0 Å². The SMILES string of the molecule is CC(F)(F)CCNC1CCCNCC1. The lowest BCUT2D eigenvalue weighted by atomic mass is 10.1. The largest absolute Gasteiger partial charge is 0.317 e. The fourth-order valence-electron chi connectivity index (χ4n) is 1.72. The van der Waals surface area contributed by atoms with Crippen molar-refractivity contribution in [2.75, 3.05) is 19.6 Å². The molecule has 1 heterocycles. The van der Waals surface area contributed by atoms with Gasteiger partial charge in [0.25, 0.3) is 0 Å². The van der Waals surface area contributed by atoms with Gasteiger partial charge in [0, 0.05) is 19.0 Å². The van der Waals surface area contributed by atoms with Gasteiger partial charge < -0.3 is 10.6 Å². The molecule has 0 amide bonds. The van der Waals surface area contributed by atoms with Gasteiger partial charge in [0.2, 0.25) is 5.92 Å². The van der Waals surface area contributed by atoms with Gasteiger partial charge in [-0.2, -0.15) is 0 Å². The quantitative estimate of drug-likeness (QED) is 0.732. The van der Waals surface area contributed by atoms with Crippen LogP contribution in [-0.4, -0.2) is 31.6 Å². The maximum Gasteiger partial charge on any atom is 0.246 e. The van der Waals surface area contributed by atoms with Crippen molar-refractivity contribution in [3.63, 3.8) is 0 Å². The van der Waals surface area contributed by atoms with Crippen molar-refractivity contribution >= 4 is 0 Å². The summed E-state index contributed by atoms with van der Waals surface area (Å²) in [6, 6.07) is 0.423. The third kappa shape index (κ3) is 5.50. The number of rotatable bonds is 4. The average Bonchev–Trinajstić information content (AvgIpc) is 2.30. The topological polar surface area (TPSA) is 24.1 Å². The zero-order valence-electron chi connectivity index (χ0n) is 8.78. The van der Waals surface area contributed by atoms with Crippen LogP contribution in [0.2, 0.25) is 0 Å². The van der Waals surface area contributed by atoms with Gasteiger partial charge in [-0.1, -0.05) is 0 Å². The van der Waals surface area contributed by atoms with Gasteiger partial charge in [0.1, 0.15) is 0 Å². The summed E-state index contributed by atoms with van der Waals surface area (Å²) in [6.07, 6.45) is 3.23. The van der Waals surface area contributed by atoms with Crippen LogP contribution in [0.1, 0.15) is 32.6 Å². The average molecular weight is 206 g/mol. The zero-order valence-corrected chi connectivity index (χ0v) is 8.78. The van der Waals surface area contributed by atoms with E-state index in [0.717, 1.165) is 39.3 Å². The minimum absolute atomic E-state index is 0.0586. The Morgan fingerprint density at radius 2 is 2.14 bits per heavy atom. The minimum Gasteiger partial charge on any atom is -0.317 e. The maximum absolute atomic E-state index is 12.5. The summed E-state index contributed by atoms with van der Waals surface area (Å²) in [5, 5.41) is 6.49. The lowest BCUT2D eigenvalue weighted by Crippen LogP contribution is -2.33. The van der Waals surface area contributed by atoms with E-state index in [1.165, 1.54) is 0 Å². The van der Waals surface area contributed by atoms with E-state index < -0.39 is 5.92 Å². The summed E-state index contributed by atoms with van der Waals surface area (Å²) < 4.78 is 25.0. The second kappa shape index (κ2) is 5.61. The standard InChI is InChI=1S/C10H20F2N2/c1-10(11,12)5-8-14-9-3-2-6-13-7-4-9/h9,13-14H,2-8H2,1H3. The first-order valence-corrected chi connectivity index (χ1v) is 5.40. The molecule has 2 N–H and O–H groups in total. The molecular weight excluding hydrogens is 186 g/mol. The van der Waals surface area contributed by atoms with Crippen LogP contribution in [0, 0.1) is 0 Å². The smallest absolute Gasteiger partial charge is 0.246 e. The van der Waals surface area contributed by atoms with Gasteiger partial charge in [0.15, 0.2) is 0 Å². The maximum atomic E-state index is 12.5. The molecule has 1 atom stereocenters. The van der Waals surface area contributed by atoms with Crippen LogP contribution in [0.3, 0.4) is 0 Å². The summed E-state index contributed by atoms with van der Waals surface area (Å²) in [4.78, 5) is 0. The normalized spacial score (nSPS) is 24.6. The van der Waals surface area contributed by atoms with Crippen LogP contribution in [0.15, 0.2) is 0 Å². The van der Waals surface area contributed by atoms with E-state index in [2.05, 4.69) is 10.6 Å². The lowest BCUT2D eigenvalue weighted by Gasteiger charge is -2.17. The molecule has 0 aromatic heterocycles. The van der Waals surface area contributed by atoms with E-state index in [-0.39, 0.29) is 6.42 Å². The number of nitrogens with one attached hydrogen (secondary N) is 2. The lowest BCUT2D eigenvalue weighted by molar-refractivity contribution is 0.0127. The summed E-state index contributed by atoms with van der Waals surface area (Å²) in [6.45, 7) is 3.46. The highest BCUT2D eigenvalue weighted by Crippen LogP contribution is 2.15. The van der Waals surface area contributed by atoms with Crippen molar-refractivity contribution in [2.24, 2.45) is 0 Å². The summed E-state index contributed by atoms with van der Waals surface area (Å²) in [5.74, 6) is -2.53. The minimum atomic E-state index is -2.53. The van der Waals surface area contributed by atoms with E-state index in [0.29, 0.717) is 12.6 Å². The Balaban J connectivity index is 2.10. The third-order valence-electron chi connectivity index (χ3n) is 2.57. The van der Waals surface area contributed by atoms with Gasteiger partial charge in [0.05, 0.1) is 0 Å². The second-order valence-corrected chi connectivity index (χ2v) is 4.15. The molecule has 4 heteroatoms. The van der Waals surface area contributed by atoms with Crippen molar-refractivity contribution in [3.05, 3.63) is 0 Å². The zero-order chi connectivity index (χ0) is 10.4. The van der Waals surface area contributed by atoms with Crippen LogP contribution in [0.5, 0.6) is 0 Å². The molecule has 1 rings (SSSR count). The van der Waals surface area contributed by atoms with Crippen molar-refractivity contribution in [1.82, 2.24) is 10.6 Å². The van der Waals surface area contributed by atoms with Gasteiger partial charge in [-0.25, -0.2) is 8.78 Å². The molecule has 1 fully saturated rings. The predicted molar refractivity (Wildman–Crippen MR) is 53.7 cm³/mol. The highest BCUT2D eigenvalue weighted by molar-refractivity contribution is 4.73. The van der Waals surface area contributed by atoms with Crippen LogP contribution < -0.4 is 10.6 Å². The van der Waals surface area contributed by atoms with Crippen molar-refractivity contribution in [2.45, 2.75) is 44.6 Å². The Morgan fingerprint density at radius 3 is 2.86 bits per heavy atom. The Bertz CT molecular complexity index is 149. The molecule has 0 bridgehead atoms. The Kier molecular flexibility index (Phi) is 4.75. The van der Waals surface area contributed by atoms with Gasteiger partial charge in [-0.3, -0.25) is 0 Å². The molecular formula is C10H20F2N2. The summed E-state index contributed by atoms with van der Waals surface area (Å²) in [5.41, 5.74) is 0. The van der Waals surface area contributed by atoms with E-state index in [4.69, 9.17) is 0 Å². The molecule has 1 saturated heterocycles. The molecule has 0 aliphatic carbocycles. The summed E-state index contributed by atoms with van der Waals surface area (Å²) >= 11 is 0. The van der Waals surface area contributed by atoms with Crippen molar-refractivity contribution in [1.29, 1.82) is 0 Å². The Hall–Kier alpha value is -0.220. The highest BCUT2D eigenvalue weighted by atomic mass is 19.3. The molecule has 0 saturated carbocycles. The fraction of sp³-hybridized carbons (Fsp3) is 1.00.